The number of aliphatic hydroxyl groups is 1. The maximum Gasteiger partial charge on any atom is 0.255 e. The van der Waals surface area contributed by atoms with Crippen LogP contribution in [0, 0.1) is 29.3 Å². The van der Waals surface area contributed by atoms with Crippen LogP contribution in [0.15, 0.2) is 35.2 Å². The molecule has 11 heteroatoms. The minimum absolute atomic E-state index is 0.0494. The molecule has 0 aliphatic heterocycles. The van der Waals surface area contributed by atoms with Crippen LogP contribution in [0.2, 0.25) is 5.02 Å². The smallest absolute Gasteiger partial charge is 0.255 e. The van der Waals surface area contributed by atoms with Crippen LogP contribution >= 0.6 is 11.6 Å². The van der Waals surface area contributed by atoms with E-state index in [-0.39, 0.29) is 52.4 Å². The predicted molar refractivity (Wildman–Crippen MR) is 116 cm³/mol. The largest absolute Gasteiger partial charge is 0.389 e. The van der Waals surface area contributed by atoms with E-state index in [1.54, 1.807) is 0 Å². The minimum atomic E-state index is -3.97. The zero-order valence-corrected chi connectivity index (χ0v) is 18.9. The maximum atomic E-state index is 13.6. The average Bonchev–Trinajstić information content (AvgIpc) is 3.05. The van der Waals surface area contributed by atoms with Crippen molar-refractivity contribution in [3.8, 4) is 0 Å². The SMILES string of the molecule is NC[C@@]1(O)CC2CC[C@@H](C1)[C@H]2S(=O)(=O)c1cc(C(=O)Nc2cc(F)c(F)c(F)c2)ccc1Cl. The Morgan fingerprint density at radius 2 is 1.70 bits per heavy atom. The third-order valence-electron chi connectivity index (χ3n) is 6.60. The van der Waals surface area contributed by atoms with Gasteiger partial charge in [0.25, 0.3) is 5.91 Å². The summed E-state index contributed by atoms with van der Waals surface area (Å²) in [5.41, 5.74) is 4.16. The number of carbonyl (C=O) groups is 1. The summed E-state index contributed by atoms with van der Waals surface area (Å²) in [6.07, 6.45) is 1.81. The van der Waals surface area contributed by atoms with E-state index in [1.165, 1.54) is 12.1 Å². The normalized spacial score (nSPS) is 26.9. The van der Waals surface area contributed by atoms with E-state index in [0.717, 1.165) is 6.07 Å². The van der Waals surface area contributed by atoms with Crippen molar-refractivity contribution in [2.45, 2.75) is 41.4 Å². The van der Waals surface area contributed by atoms with Gasteiger partial charge in [0.05, 0.1) is 20.8 Å². The van der Waals surface area contributed by atoms with E-state index >= 15 is 0 Å². The van der Waals surface area contributed by atoms with Gasteiger partial charge in [0.1, 0.15) is 0 Å². The lowest BCUT2D eigenvalue weighted by molar-refractivity contribution is -0.0106. The number of fused-ring (bicyclic) bond motifs is 2. The van der Waals surface area contributed by atoms with E-state index < -0.39 is 44.0 Å². The molecule has 2 aromatic carbocycles. The Morgan fingerprint density at radius 1 is 1.12 bits per heavy atom. The summed E-state index contributed by atoms with van der Waals surface area (Å²) in [5.74, 6) is -6.05. The van der Waals surface area contributed by atoms with Gasteiger partial charge in [0, 0.05) is 29.9 Å². The number of amides is 1. The van der Waals surface area contributed by atoms with E-state index in [9.17, 15) is 31.5 Å². The van der Waals surface area contributed by atoms with Crippen molar-refractivity contribution >= 4 is 33.0 Å². The molecule has 0 spiro atoms. The zero-order valence-electron chi connectivity index (χ0n) is 17.3. The Balaban J connectivity index is 1.63. The predicted octanol–water partition coefficient (Wildman–Crippen LogP) is 3.66. The van der Waals surface area contributed by atoms with Gasteiger partial charge in [-0.05, 0) is 55.7 Å². The number of rotatable bonds is 5. The summed E-state index contributed by atoms with van der Waals surface area (Å²) >= 11 is 6.20. The molecule has 2 fully saturated rings. The second-order valence-electron chi connectivity index (χ2n) is 8.80. The Bertz CT molecular complexity index is 1190. The first-order valence-electron chi connectivity index (χ1n) is 10.4. The highest BCUT2D eigenvalue weighted by atomic mass is 35.5. The number of nitrogens with one attached hydrogen (secondary N) is 1. The fourth-order valence-corrected chi connectivity index (χ4v) is 7.99. The highest BCUT2D eigenvalue weighted by Crippen LogP contribution is 2.51. The average molecular weight is 503 g/mol. The summed E-state index contributed by atoms with van der Waals surface area (Å²) in [6.45, 7) is 0.0494. The third-order valence-corrected chi connectivity index (χ3v) is 9.48. The number of anilines is 1. The van der Waals surface area contributed by atoms with E-state index in [0.29, 0.717) is 25.0 Å². The second kappa shape index (κ2) is 8.57. The van der Waals surface area contributed by atoms with Crippen molar-refractivity contribution in [3.63, 3.8) is 0 Å². The molecule has 4 atom stereocenters. The Hall–Kier alpha value is -2.14. The standard InChI is InChI=1S/C22H22ClF3N2O4S/c23-15-4-3-11(21(29)28-14-6-16(24)19(26)17(25)7-14)5-18(15)33(31,32)20-12-1-2-13(20)9-22(30,8-12)10-27/h3-7,12-13,20,30H,1-2,8-10,27H2,(H,28,29)/t12-,13?,20+,22-/m0/s1. The molecule has 2 aliphatic carbocycles. The molecule has 33 heavy (non-hydrogen) atoms. The molecule has 6 nitrogen and oxygen atoms in total. The van der Waals surface area contributed by atoms with Gasteiger partial charge >= 0.3 is 0 Å². The number of carbonyl (C=O) groups excluding carboxylic acids is 1. The van der Waals surface area contributed by atoms with Gasteiger partial charge in [-0.1, -0.05) is 11.6 Å². The molecule has 0 saturated heterocycles. The quantitative estimate of drug-likeness (QED) is 0.541. The van der Waals surface area contributed by atoms with Crippen molar-refractivity contribution < 1.29 is 31.5 Å². The van der Waals surface area contributed by atoms with Gasteiger partial charge in [-0.2, -0.15) is 0 Å². The minimum Gasteiger partial charge on any atom is -0.389 e. The van der Waals surface area contributed by atoms with Crippen LogP contribution in [0.4, 0.5) is 18.9 Å². The van der Waals surface area contributed by atoms with Gasteiger partial charge in [-0.3, -0.25) is 4.79 Å². The van der Waals surface area contributed by atoms with Gasteiger partial charge in [-0.15, -0.1) is 0 Å². The fourth-order valence-electron chi connectivity index (χ4n) is 5.15. The molecule has 1 amide bonds. The van der Waals surface area contributed by atoms with Gasteiger partial charge in [-0.25, -0.2) is 21.6 Å². The highest BCUT2D eigenvalue weighted by Gasteiger charge is 2.53. The van der Waals surface area contributed by atoms with Gasteiger partial charge in [0.15, 0.2) is 27.3 Å². The van der Waals surface area contributed by atoms with Crippen LogP contribution in [-0.2, 0) is 9.84 Å². The zero-order chi connectivity index (χ0) is 24.1. The lowest BCUT2D eigenvalue weighted by Crippen LogP contribution is -2.49. The van der Waals surface area contributed by atoms with Crippen molar-refractivity contribution in [1.29, 1.82) is 0 Å². The molecule has 178 valence electrons. The number of sulfone groups is 1. The number of halogens is 4. The summed E-state index contributed by atoms with van der Waals surface area (Å²) < 4.78 is 67.2. The molecule has 1 unspecified atom stereocenters. The molecule has 2 saturated carbocycles. The number of hydrogen-bond donors (Lipinski definition) is 3. The first-order valence-corrected chi connectivity index (χ1v) is 12.3. The highest BCUT2D eigenvalue weighted by molar-refractivity contribution is 7.92. The van der Waals surface area contributed by atoms with E-state index in [1.807, 2.05) is 0 Å². The van der Waals surface area contributed by atoms with Crippen molar-refractivity contribution in [2.75, 3.05) is 11.9 Å². The Labute approximate surface area is 193 Å². The lowest BCUT2D eigenvalue weighted by atomic mass is 9.77. The van der Waals surface area contributed by atoms with Crippen LogP contribution in [0.1, 0.15) is 36.0 Å². The van der Waals surface area contributed by atoms with E-state index in [4.69, 9.17) is 17.3 Å². The molecular weight excluding hydrogens is 481 g/mol. The van der Waals surface area contributed by atoms with Gasteiger partial charge in [0.2, 0.25) is 0 Å². The molecule has 4 N–H and O–H groups in total. The summed E-state index contributed by atoms with van der Waals surface area (Å²) in [4.78, 5) is 12.4. The van der Waals surface area contributed by atoms with Crippen molar-refractivity contribution in [2.24, 2.45) is 17.6 Å². The van der Waals surface area contributed by atoms with Crippen LogP contribution < -0.4 is 11.1 Å². The molecule has 2 bridgehead atoms. The summed E-state index contributed by atoms with van der Waals surface area (Å²) in [5, 5.41) is 12.0. The van der Waals surface area contributed by atoms with Crippen molar-refractivity contribution in [3.05, 3.63) is 58.4 Å². The molecule has 0 aromatic heterocycles. The van der Waals surface area contributed by atoms with Crippen LogP contribution in [0.3, 0.4) is 0 Å². The topological polar surface area (TPSA) is 109 Å². The second-order valence-corrected chi connectivity index (χ2v) is 11.3. The Kier molecular flexibility index (Phi) is 6.24. The first kappa shape index (κ1) is 24.0. The lowest BCUT2D eigenvalue weighted by Gasteiger charge is -2.40. The Morgan fingerprint density at radius 3 is 2.24 bits per heavy atom. The maximum absolute atomic E-state index is 13.6. The third kappa shape index (κ3) is 4.37. The molecule has 2 aliphatic rings. The van der Waals surface area contributed by atoms with Crippen molar-refractivity contribution in [1.82, 2.24) is 0 Å². The molecule has 4 rings (SSSR count). The molecular formula is C22H22ClF3N2O4S. The van der Waals surface area contributed by atoms with Crippen LogP contribution in [0.5, 0.6) is 0 Å². The summed E-state index contributed by atoms with van der Waals surface area (Å²) in [6, 6.07) is 4.88. The number of benzene rings is 2. The number of nitrogens with two attached hydrogens (primary N) is 1. The van der Waals surface area contributed by atoms with Gasteiger partial charge < -0.3 is 16.2 Å². The monoisotopic (exact) mass is 502 g/mol. The number of hydrogen-bond acceptors (Lipinski definition) is 5. The van der Waals surface area contributed by atoms with Crippen LogP contribution in [0.25, 0.3) is 0 Å². The summed E-state index contributed by atoms with van der Waals surface area (Å²) in [7, 11) is -3.97. The first-order chi connectivity index (χ1) is 15.4. The van der Waals surface area contributed by atoms with Crippen LogP contribution in [-0.4, -0.2) is 36.8 Å². The van der Waals surface area contributed by atoms with E-state index in [2.05, 4.69) is 5.32 Å². The fraction of sp³-hybridized carbons (Fsp3) is 0.409. The molecule has 0 heterocycles. The molecule has 2 aromatic rings. The molecule has 0 radical (unpaired) electrons.